The van der Waals surface area contributed by atoms with Crippen LogP contribution in [0.3, 0.4) is 0 Å². The molecule has 0 aliphatic rings. The molecule has 0 atom stereocenters. The van der Waals surface area contributed by atoms with Gasteiger partial charge in [0.1, 0.15) is 0 Å². The summed E-state index contributed by atoms with van der Waals surface area (Å²) >= 11 is 0. The third kappa shape index (κ3) is 4.66. The quantitative estimate of drug-likeness (QED) is 0.599. The number of rotatable bonds is 7. The van der Waals surface area contributed by atoms with Gasteiger partial charge in [0, 0.05) is 44.5 Å². The molecular formula is C23H34N2O2Si. The standard InChI is InChI=1S/C23H34N2O2Si/c1-16-12-18(3)22(19(4)13-16)24-10-11-25(28(9,26-7)27-8)23-20(5)14-17(2)15-21(23)6/h10-15,24H,1-9H3/b11-10-. The van der Waals surface area contributed by atoms with Crippen molar-refractivity contribution in [2.24, 2.45) is 0 Å². The summed E-state index contributed by atoms with van der Waals surface area (Å²) in [4.78, 5) is 0. The third-order valence-corrected chi connectivity index (χ3v) is 7.96. The van der Waals surface area contributed by atoms with Crippen molar-refractivity contribution in [2.45, 2.75) is 48.1 Å². The lowest BCUT2D eigenvalue weighted by molar-refractivity contribution is 0.250. The van der Waals surface area contributed by atoms with Gasteiger partial charge in [-0.15, -0.1) is 0 Å². The third-order valence-electron chi connectivity index (χ3n) is 5.20. The summed E-state index contributed by atoms with van der Waals surface area (Å²) in [7, 11) is 0.823. The maximum absolute atomic E-state index is 5.87. The molecule has 0 amide bonds. The van der Waals surface area contributed by atoms with Gasteiger partial charge in [0.05, 0.1) is 0 Å². The van der Waals surface area contributed by atoms with Gasteiger partial charge in [-0.3, -0.25) is 0 Å². The molecule has 2 rings (SSSR count). The largest absolute Gasteiger partial charge is 0.459 e. The second-order valence-electron chi connectivity index (χ2n) is 7.66. The second kappa shape index (κ2) is 8.95. The molecular weight excluding hydrogens is 364 g/mol. The van der Waals surface area contributed by atoms with E-state index < -0.39 is 8.72 Å². The van der Waals surface area contributed by atoms with Crippen LogP contribution in [-0.2, 0) is 8.85 Å². The monoisotopic (exact) mass is 398 g/mol. The first-order chi connectivity index (χ1) is 13.1. The minimum atomic E-state index is -2.62. The van der Waals surface area contributed by atoms with Gasteiger partial charge in [-0.1, -0.05) is 35.4 Å². The SMILES string of the molecule is CO[Si](C)(OC)N(/C=C\Nc1c(C)cc(C)cc1C)c1c(C)cc(C)cc1C. The van der Waals surface area contributed by atoms with Crippen molar-refractivity contribution in [3.63, 3.8) is 0 Å². The van der Waals surface area contributed by atoms with Crippen molar-refractivity contribution in [1.29, 1.82) is 0 Å². The minimum absolute atomic E-state index is 1.14. The van der Waals surface area contributed by atoms with E-state index in [-0.39, 0.29) is 0 Å². The van der Waals surface area contributed by atoms with Gasteiger partial charge in [-0.2, -0.15) is 0 Å². The Morgan fingerprint density at radius 1 is 0.786 bits per heavy atom. The Labute approximate surface area is 171 Å². The predicted molar refractivity (Wildman–Crippen MR) is 122 cm³/mol. The van der Waals surface area contributed by atoms with Crippen LogP contribution in [0.15, 0.2) is 36.7 Å². The van der Waals surface area contributed by atoms with E-state index in [0.717, 1.165) is 11.4 Å². The van der Waals surface area contributed by atoms with Crippen LogP contribution < -0.4 is 9.88 Å². The predicted octanol–water partition coefficient (Wildman–Crippen LogP) is 5.79. The average molecular weight is 399 g/mol. The van der Waals surface area contributed by atoms with Crippen molar-refractivity contribution in [3.05, 3.63) is 70.0 Å². The second-order valence-corrected chi connectivity index (χ2v) is 10.8. The number of benzene rings is 2. The van der Waals surface area contributed by atoms with Gasteiger partial charge in [-0.25, -0.2) is 0 Å². The van der Waals surface area contributed by atoms with E-state index in [1.807, 2.05) is 12.4 Å². The summed E-state index contributed by atoms with van der Waals surface area (Å²) in [6.07, 6.45) is 4.02. The molecule has 0 radical (unpaired) electrons. The summed E-state index contributed by atoms with van der Waals surface area (Å²) in [5, 5.41) is 3.47. The highest BCUT2D eigenvalue weighted by molar-refractivity contribution is 6.70. The number of aryl methyl sites for hydroxylation is 6. The summed E-state index contributed by atoms with van der Waals surface area (Å²) in [6.45, 7) is 14.8. The zero-order valence-electron chi connectivity index (χ0n) is 18.7. The van der Waals surface area contributed by atoms with Gasteiger partial charge in [-0.05, 0) is 63.8 Å². The average Bonchev–Trinajstić information content (AvgIpc) is 2.60. The van der Waals surface area contributed by atoms with Gasteiger partial charge in [0.2, 0.25) is 0 Å². The van der Waals surface area contributed by atoms with Crippen LogP contribution in [-0.4, -0.2) is 22.9 Å². The van der Waals surface area contributed by atoms with Crippen molar-refractivity contribution < 1.29 is 8.85 Å². The highest BCUT2D eigenvalue weighted by Crippen LogP contribution is 2.31. The Balaban J connectivity index is 2.46. The molecule has 0 aromatic heterocycles. The van der Waals surface area contributed by atoms with Gasteiger partial charge in [0.25, 0.3) is 0 Å². The summed E-state index contributed by atoms with van der Waals surface area (Å²) < 4.78 is 13.9. The van der Waals surface area contributed by atoms with E-state index in [9.17, 15) is 0 Å². The maximum atomic E-state index is 5.87. The molecule has 0 aliphatic carbocycles. The molecule has 0 bridgehead atoms. The number of nitrogens with one attached hydrogen (secondary N) is 1. The molecule has 4 nitrogen and oxygen atoms in total. The molecule has 0 fully saturated rings. The summed E-state index contributed by atoms with van der Waals surface area (Å²) in [6, 6.07) is 8.78. The number of hydrogen-bond acceptors (Lipinski definition) is 4. The lowest BCUT2D eigenvalue weighted by atomic mass is 10.1. The van der Waals surface area contributed by atoms with E-state index in [1.54, 1.807) is 14.2 Å². The number of nitrogens with zero attached hydrogens (tertiary/aromatic N) is 1. The Morgan fingerprint density at radius 2 is 1.21 bits per heavy atom. The number of hydrogen-bond donors (Lipinski definition) is 1. The molecule has 152 valence electrons. The van der Waals surface area contributed by atoms with Crippen LogP contribution >= 0.6 is 0 Å². The zero-order chi connectivity index (χ0) is 21.1. The number of anilines is 2. The normalized spacial score (nSPS) is 11.9. The molecule has 2 aromatic carbocycles. The minimum Gasteiger partial charge on any atom is -0.382 e. The fourth-order valence-electron chi connectivity index (χ4n) is 3.85. The van der Waals surface area contributed by atoms with E-state index in [2.05, 4.69) is 82.2 Å². The van der Waals surface area contributed by atoms with Gasteiger partial charge < -0.3 is 18.7 Å². The zero-order valence-corrected chi connectivity index (χ0v) is 19.7. The lowest BCUT2D eigenvalue weighted by Gasteiger charge is -2.36. The first kappa shape index (κ1) is 22.2. The fourth-order valence-corrected chi connectivity index (χ4v) is 5.51. The molecule has 1 N–H and O–H groups in total. The smallest absolute Gasteiger partial charge is 0.382 e. The molecule has 0 unspecified atom stereocenters. The van der Waals surface area contributed by atoms with Crippen LogP contribution in [0.1, 0.15) is 33.4 Å². The van der Waals surface area contributed by atoms with E-state index in [4.69, 9.17) is 8.85 Å². The van der Waals surface area contributed by atoms with Crippen LogP contribution in [0.5, 0.6) is 0 Å². The summed E-state index contributed by atoms with van der Waals surface area (Å²) in [5.41, 5.74) is 9.68. The van der Waals surface area contributed by atoms with E-state index >= 15 is 0 Å². The molecule has 0 saturated carbocycles. The topological polar surface area (TPSA) is 33.7 Å². The van der Waals surface area contributed by atoms with Crippen molar-refractivity contribution in [2.75, 3.05) is 24.1 Å². The lowest BCUT2D eigenvalue weighted by Crippen LogP contribution is -2.53. The van der Waals surface area contributed by atoms with Crippen molar-refractivity contribution in [1.82, 2.24) is 0 Å². The molecule has 0 spiro atoms. The Hall–Kier alpha value is -2.08. The Morgan fingerprint density at radius 3 is 1.64 bits per heavy atom. The van der Waals surface area contributed by atoms with E-state index in [0.29, 0.717) is 0 Å². The Bertz CT molecular complexity index is 827. The molecule has 0 saturated heterocycles. The van der Waals surface area contributed by atoms with Gasteiger partial charge in [0.15, 0.2) is 0 Å². The highest BCUT2D eigenvalue weighted by atomic mass is 28.4. The first-order valence-electron chi connectivity index (χ1n) is 9.61. The van der Waals surface area contributed by atoms with Crippen molar-refractivity contribution in [3.8, 4) is 0 Å². The van der Waals surface area contributed by atoms with Crippen LogP contribution in [0.2, 0.25) is 6.55 Å². The van der Waals surface area contributed by atoms with Crippen LogP contribution in [0, 0.1) is 41.5 Å². The first-order valence-corrected chi connectivity index (χ1v) is 11.9. The maximum Gasteiger partial charge on any atom is 0.459 e. The molecule has 5 heteroatoms. The van der Waals surface area contributed by atoms with Gasteiger partial charge >= 0.3 is 8.72 Å². The van der Waals surface area contributed by atoms with E-state index in [1.165, 1.54) is 33.4 Å². The fraction of sp³-hybridized carbons (Fsp3) is 0.391. The summed E-state index contributed by atoms with van der Waals surface area (Å²) in [5.74, 6) is 0. The van der Waals surface area contributed by atoms with Crippen molar-refractivity contribution >= 4 is 20.1 Å². The Kier molecular flexibility index (Phi) is 7.09. The van der Waals surface area contributed by atoms with Crippen LogP contribution in [0.25, 0.3) is 0 Å². The molecule has 0 heterocycles. The highest BCUT2D eigenvalue weighted by Gasteiger charge is 2.38. The molecule has 0 aliphatic heterocycles. The molecule has 2 aromatic rings. The molecule has 28 heavy (non-hydrogen) atoms. The van der Waals surface area contributed by atoms with Crippen LogP contribution in [0.4, 0.5) is 11.4 Å².